The fourth-order valence-electron chi connectivity index (χ4n) is 3.29. The van der Waals surface area contributed by atoms with Gasteiger partial charge in [0.15, 0.2) is 23.0 Å². The van der Waals surface area contributed by atoms with E-state index in [1.165, 1.54) is 0 Å². The van der Waals surface area contributed by atoms with E-state index in [1.54, 1.807) is 0 Å². The van der Waals surface area contributed by atoms with Gasteiger partial charge in [-0.25, -0.2) is 0 Å². The summed E-state index contributed by atoms with van der Waals surface area (Å²) in [7, 11) is 1.93. The Bertz CT molecular complexity index is 967. The number of rotatable bonds is 2. The average molecular weight is 321 g/mol. The Morgan fingerprint density at radius 2 is 1.46 bits per heavy atom. The van der Waals surface area contributed by atoms with Gasteiger partial charge in [-0.3, -0.25) is 0 Å². The molecule has 0 bridgehead atoms. The van der Waals surface area contributed by atoms with Crippen LogP contribution in [0.15, 0.2) is 42.5 Å². The Hall–Kier alpha value is -3.08. The van der Waals surface area contributed by atoms with Gasteiger partial charge < -0.3 is 24.3 Å². The molecule has 2 aliphatic rings. The van der Waals surface area contributed by atoms with E-state index in [0.717, 1.165) is 50.6 Å². The normalized spacial score (nSPS) is 14.2. The van der Waals surface area contributed by atoms with E-state index in [1.807, 2.05) is 37.4 Å². The number of ether oxygens (including phenoxy) is 4. The van der Waals surface area contributed by atoms with Crippen molar-refractivity contribution in [3.63, 3.8) is 0 Å². The van der Waals surface area contributed by atoms with Crippen LogP contribution in [0, 0.1) is 0 Å². The van der Waals surface area contributed by atoms with Crippen molar-refractivity contribution in [3.05, 3.63) is 42.5 Å². The van der Waals surface area contributed by atoms with Crippen LogP contribution in [-0.4, -0.2) is 20.6 Å². The summed E-state index contributed by atoms with van der Waals surface area (Å²) in [5.41, 5.74) is 3.22. The van der Waals surface area contributed by atoms with E-state index in [9.17, 15) is 0 Å². The highest BCUT2D eigenvalue weighted by atomic mass is 16.7. The van der Waals surface area contributed by atoms with Gasteiger partial charge in [-0.05, 0) is 35.2 Å². The van der Waals surface area contributed by atoms with Crippen LogP contribution in [0.25, 0.3) is 21.9 Å². The second-order valence-corrected chi connectivity index (χ2v) is 5.73. The number of anilines is 1. The summed E-state index contributed by atoms with van der Waals surface area (Å²) in [6.45, 7) is 0.550. The molecule has 5 rings (SSSR count). The number of hydrogen-bond donors (Lipinski definition) is 1. The zero-order chi connectivity index (χ0) is 16.1. The average Bonchev–Trinajstić information content (AvgIpc) is 3.26. The van der Waals surface area contributed by atoms with Crippen molar-refractivity contribution in [3.8, 4) is 34.1 Å². The molecule has 3 aromatic carbocycles. The van der Waals surface area contributed by atoms with E-state index in [0.29, 0.717) is 0 Å². The molecule has 0 unspecified atom stereocenters. The highest BCUT2D eigenvalue weighted by molar-refractivity contribution is 6.03. The fourth-order valence-corrected chi connectivity index (χ4v) is 3.29. The number of hydrogen-bond acceptors (Lipinski definition) is 5. The molecule has 1 N–H and O–H groups in total. The molecule has 0 spiro atoms. The lowest BCUT2D eigenvalue weighted by Gasteiger charge is -2.14. The summed E-state index contributed by atoms with van der Waals surface area (Å²) in [6, 6.07) is 14.2. The van der Waals surface area contributed by atoms with Crippen LogP contribution < -0.4 is 24.3 Å². The molecule has 2 heterocycles. The second kappa shape index (κ2) is 4.96. The van der Waals surface area contributed by atoms with Crippen molar-refractivity contribution in [2.24, 2.45) is 0 Å². The molecule has 5 heteroatoms. The maximum Gasteiger partial charge on any atom is 0.231 e. The van der Waals surface area contributed by atoms with Crippen LogP contribution in [0.1, 0.15) is 0 Å². The monoisotopic (exact) mass is 321 g/mol. The Labute approximate surface area is 138 Å². The van der Waals surface area contributed by atoms with Crippen LogP contribution >= 0.6 is 0 Å². The van der Waals surface area contributed by atoms with Crippen LogP contribution in [0.4, 0.5) is 5.69 Å². The molecule has 0 radical (unpaired) electrons. The Kier molecular flexibility index (Phi) is 2.76. The van der Waals surface area contributed by atoms with Gasteiger partial charge in [0, 0.05) is 23.7 Å². The van der Waals surface area contributed by atoms with Gasteiger partial charge in [0.25, 0.3) is 0 Å². The summed E-state index contributed by atoms with van der Waals surface area (Å²) in [5, 5.41) is 5.53. The molecule has 120 valence electrons. The van der Waals surface area contributed by atoms with Crippen molar-refractivity contribution >= 4 is 16.5 Å². The minimum absolute atomic E-state index is 0.273. The molecule has 0 saturated heterocycles. The van der Waals surface area contributed by atoms with Gasteiger partial charge >= 0.3 is 0 Å². The maximum absolute atomic E-state index is 5.53. The van der Waals surface area contributed by atoms with Crippen molar-refractivity contribution in [1.29, 1.82) is 0 Å². The molecule has 0 amide bonds. The molecule has 0 aliphatic carbocycles. The second-order valence-electron chi connectivity index (χ2n) is 5.73. The van der Waals surface area contributed by atoms with Crippen molar-refractivity contribution < 1.29 is 18.9 Å². The minimum atomic E-state index is 0.273. The van der Waals surface area contributed by atoms with Crippen molar-refractivity contribution in [1.82, 2.24) is 0 Å². The first-order valence-corrected chi connectivity index (χ1v) is 7.77. The lowest BCUT2D eigenvalue weighted by molar-refractivity contribution is 0.173. The van der Waals surface area contributed by atoms with Crippen molar-refractivity contribution in [2.75, 3.05) is 26.0 Å². The molecule has 0 fully saturated rings. The van der Waals surface area contributed by atoms with E-state index in [-0.39, 0.29) is 13.6 Å². The van der Waals surface area contributed by atoms with Crippen LogP contribution in [0.3, 0.4) is 0 Å². The summed E-state index contributed by atoms with van der Waals surface area (Å²) >= 11 is 0. The first-order valence-electron chi connectivity index (χ1n) is 7.77. The van der Waals surface area contributed by atoms with E-state index in [2.05, 4.69) is 17.4 Å². The predicted octanol–water partition coefficient (Wildman–Crippen LogP) is 4.01. The van der Waals surface area contributed by atoms with Crippen LogP contribution in [-0.2, 0) is 0 Å². The van der Waals surface area contributed by atoms with Gasteiger partial charge in [0.2, 0.25) is 13.6 Å². The van der Waals surface area contributed by atoms with E-state index in [4.69, 9.17) is 18.9 Å². The number of fused-ring (bicyclic) bond motifs is 3. The number of benzene rings is 3. The molecular weight excluding hydrogens is 306 g/mol. The summed E-state index contributed by atoms with van der Waals surface area (Å²) < 4.78 is 21.9. The Morgan fingerprint density at radius 1 is 0.750 bits per heavy atom. The first-order chi connectivity index (χ1) is 11.8. The molecule has 3 aromatic rings. The predicted molar refractivity (Wildman–Crippen MR) is 91.2 cm³/mol. The highest BCUT2D eigenvalue weighted by Crippen LogP contribution is 2.43. The third-order valence-corrected chi connectivity index (χ3v) is 4.45. The Morgan fingerprint density at radius 3 is 2.25 bits per heavy atom. The van der Waals surface area contributed by atoms with E-state index >= 15 is 0 Å². The third kappa shape index (κ3) is 1.88. The van der Waals surface area contributed by atoms with Gasteiger partial charge in [-0.2, -0.15) is 0 Å². The van der Waals surface area contributed by atoms with Gasteiger partial charge in [0.05, 0.1) is 0 Å². The topological polar surface area (TPSA) is 49.0 Å². The molecule has 2 aliphatic heterocycles. The smallest absolute Gasteiger partial charge is 0.231 e. The maximum atomic E-state index is 5.53. The molecule has 0 aromatic heterocycles. The SMILES string of the molecule is CNc1c(-c2ccc3c(c2)OCO3)ccc2cc3c(cc12)OCO3. The van der Waals surface area contributed by atoms with Gasteiger partial charge in [0.1, 0.15) is 0 Å². The van der Waals surface area contributed by atoms with Gasteiger partial charge in [-0.15, -0.1) is 0 Å². The zero-order valence-corrected chi connectivity index (χ0v) is 13.1. The van der Waals surface area contributed by atoms with Crippen molar-refractivity contribution in [2.45, 2.75) is 0 Å². The molecule has 0 atom stereocenters. The minimum Gasteiger partial charge on any atom is -0.454 e. The molecule has 24 heavy (non-hydrogen) atoms. The summed E-state index contributed by atoms with van der Waals surface area (Å²) in [5.74, 6) is 3.14. The zero-order valence-electron chi connectivity index (χ0n) is 13.1. The Balaban J connectivity index is 1.72. The lowest BCUT2D eigenvalue weighted by atomic mass is 9.97. The van der Waals surface area contributed by atoms with Crippen LogP contribution in [0.2, 0.25) is 0 Å². The largest absolute Gasteiger partial charge is 0.454 e. The lowest BCUT2D eigenvalue weighted by Crippen LogP contribution is -1.94. The number of nitrogens with one attached hydrogen (secondary N) is 1. The van der Waals surface area contributed by atoms with E-state index < -0.39 is 0 Å². The summed E-state index contributed by atoms with van der Waals surface area (Å²) in [4.78, 5) is 0. The quantitative estimate of drug-likeness (QED) is 0.773. The first kappa shape index (κ1) is 13.4. The van der Waals surface area contributed by atoms with Crippen LogP contribution in [0.5, 0.6) is 23.0 Å². The molecular formula is C19H15NO4. The molecule has 5 nitrogen and oxygen atoms in total. The molecule has 0 saturated carbocycles. The fraction of sp³-hybridized carbons (Fsp3) is 0.158. The third-order valence-electron chi connectivity index (χ3n) is 4.45. The highest BCUT2D eigenvalue weighted by Gasteiger charge is 2.19. The summed E-state index contributed by atoms with van der Waals surface area (Å²) in [6.07, 6.45) is 0. The standard InChI is InChI=1S/C19H15NO4/c1-20-19-13(11-3-5-15-16(6-11)22-9-21-15)4-2-12-7-17-18(8-14(12)19)24-10-23-17/h2-8,20H,9-10H2,1H3. The van der Waals surface area contributed by atoms with Gasteiger partial charge in [-0.1, -0.05) is 18.2 Å².